The van der Waals surface area contributed by atoms with E-state index in [2.05, 4.69) is 4.74 Å². The SMILES string of the molecule is COC(=O)N(C)[C@@H](CCCCN1C(=O)c2ccccc2C1=O)C(=O)O. The zero-order valence-electron chi connectivity index (χ0n) is 14.1. The number of aliphatic carboxylic acids is 1. The molecule has 0 aromatic heterocycles. The number of unbranched alkanes of at least 4 members (excludes halogenated alkanes) is 1. The summed E-state index contributed by atoms with van der Waals surface area (Å²) < 4.78 is 4.52. The van der Waals surface area contributed by atoms with Crippen LogP contribution in [0.2, 0.25) is 0 Å². The van der Waals surface area contributed by atoms with Gasteiger partial charge in [-0.2, -0.15) is 0 Å². The molecule has 25 heavy (non-hydrogen) atoms. The highest BCUT2D eigenvalue weighted by Gasteiger charge is 2.34. The fourth-order valence-corrected chi connectivity index (χ4v) is 2.80. The largest absolute Gasteiger partial charge is 0.480 e. The summed E-state index contributed by atoms with van der Waals surface area (Å²) in [7, 11) is 2.54. The monoisotopic (exact) mass is 348 g/mol. The van der Waals surface area contributed by atoms with Crippen molar-refractivity contribution >= 4 is 23.9 Å². The van der Waals surface area contributed by atoms with Crippen LogP contribution < -0.4 is 0 Å². The molecule has 1 heterocycles. The molecule has 3 amide bonds. The molecule has 2 rings (SSSR count). The predicted molar refractivity (Wildman–Crippen MR) is 87.3 cm³/mol. The number of benzene rings is 1. The molecule has 0 bridgehead atoms. The summed E-state index contributed by atoms with van der Waals surface area (Å²) in [6.07, 6.45) is 0.354. The molecule has 8 heteroatoms. The van der Waals surface area contributed by atoms with Gasteiger partial charge in [0, 0.05) is 13.6 Å². The summed E-state index contributed by atoms with van der Waals surface area (Å²) in [5.41, 5.74) is 0.780. The lowest BCUT2D eigenvalue weighted by molar-refractivity contribution is -0.142. The van der Waals surface area contributed by atoms with Gasteiger partial charge in [0.1, 0.15) is 6.04 Å². The number of hydrogen-bond donors (Lipinski definition) is 1. The molecule has 134 valence electrons. The summed E-state index contributed by atoms with van der Waals surface area (Å²) in [6.45, 7) is 0.209. The third-order valence-corrected chi connectivity index (χ3v) is 4.20. The number of rotatable bonds is 7. The molecule has 1 aliphatic rings. The van der Waals surface area contributed by atoms with Gasteiger partial charge in [0.2, 0.25) is 0 Å². The number of methoxy groups -OCH3 is 1. The van der Waals surface area contributed by atoms with E-state index in [1.54, 1.807) is 24.3 Å². The van der Waals surface area contributed by atoms with Crippen molar-refractivity contribution in [2.75, 3.05) is 20.7 Å². The van der Waals surface area contributed by atoms with Crippen LogP contribution in [0.25, 0.3) is 0 Å². The van der Waals surface area contributed by atoms with Gasteiger partial charge in [-0.05, 0) is 31.4 Å². The first-order chi connectivity index (χ1) is 11.9. The Hall–Kier alpha value is -2.90. The molecule has 0 radical (unpaired) electrons. The molecule has 1 aliphatic heterocycles. The number of ether oxygens (including phenoxy) is 1. The Bertz CT molecular complexity index is 667. The first kappa shape index (κ1) is 18.4. The minimum absolute atomic E-state index is 0.199. The Morgan fingerprint density at radius 1 is 1.16 bits per heavy atom. The summed E-state index contributed by atoms with van der Waals surface area (Å²) in [5, 5.41) is 9.23. The first-order valence-corrected chi connectivity index (χ1v) is 7.87. The van der Waals surface area contributed by atoms with Crippen molar-refractivity contribution in [3.8, 4) is 0 Å². The molecule has 0 spiro atoms. The summed E-state index contributed by atoms with van der Waals surface area (Å²) >= 11 is 0. The number of likely N-dealkylation sites (N-methyl/N-ethyl adjacent to an activating group) is 1. The molecule has 1 aromatic carbocycles. The number of carboxylic acid groups (broad SMARTS) is 1. The van der Waals surface area contributed by atoms with Crippen LogP contribution in [-0.4, -0.2) is 65.5 Å². The van der Waals surface area contributed by atoms with Crippen LogP contribution in [0.3, 0.4) is 0 Å². The maximum Gasteiger partial charge on any atom is 0.409 e. The second-order valence-corrected chi connectivity index (χ2v) is 5.74. The number of imide groups is 1. The van der Waals surface area contributed by atoms with Crippen LogP contribution in [-0.2, 0) is 9.53 Å². The highest BCUT2D eigenvalue weighted by molar-refractivity contribution is 6.21. The molecule has 1 N–H and O–H groups in total. The molecule has 0 fully saturated rings. The van der Waals surface area contributed by atoms with Gasteiger partial charge in [0.05, 0.1) is 18.2 Å². The van der Waals surface area contributed by atoms with Crippen LogP contribution in [0.15, 0.2) is 24.3 Å². The highest BCUT2D eigenvalue weighted by Crippen LogP contribution is 2.23. The fraction of sp³-hybridized carbons (Fsp3) is 0.412. The molecule has 0 saturated carbocycles. The lowest BCUT2D eigenvalue weighted by Gasteiger charge is -2.23. The van der Waals surface area contributed by atoms with Gasteiger partial charge < -0.3 is 9.84 Å². The van der Waals surface area contributed by atoms with E-state index in [9.17, 15) is 24.3 Å². The zero-order chi connectivity index (χ0) is 18.6. The molecule has 0 unspecified atom stereocenters. The van der Waals surface area contributed by atoms with Crippen LogP contribution >= 0.6 is 0 Å². The van der Waals surface area contributed by atoms with Gasteiger partial charge in [0.25, 0.3) is 11.8 Å². The molecule has 1 atom stereocenters. The maximum atomic E-state index is 12.2. The Morgan fingerprint density at radius 2 is 1.72 bits per heavy atom. The van der Waals surface area contributed by atoms with Crippen LogP contribution in [0.1, 0.15) is 40.0 Å². The summed E-state index contributed by atoms with van der Waals surface area (Å²) in [5.74, 6) is -1.79. The summed E-state index contributed by atoms with van der Waals surface area (Å²) in [6, 6.07) is 5.61. The number of amides is 3. The molecular formula is C17H20N2O6. The van der Waals surface area contributed by atoms with Gasteiger partial charge >= 0.3 is 12.1 Å². The standard InChI is InChI=1S/C17H20N2O6/c1-18(17(24)25-2)13(16(22)23)9-5-6-10-19-14(20)11-7-3-4-8-12(11)15(19)21/h3-4,7-8,13H,5-6,9-10H2,1-2H3,(H,22,23)/t13-/m0/s1. The second kappa shape index (κ2) is 7.78. The predicted octanol–water partition coefficient (Wildman–Crippen LogP) is 1.60. The van der Waals surface area contributed by atoms with Gasteiger partial charge in [0.15, 0.2) is 0 Å². The van der Waals surface area contributed by atoms with Crippen molar-refractivity contribution in [1.82, 2.24) is 9.80 Å². The average Bonchev–Trinajstić information content (AvgIpc) is 2.85. The van der Waals surface area contributed by atoms with E-state index in [4.69, 9.17) is 0 Å². The van der Waals surface area contributed by atoms with Crippen LogP contribution in [0.5, 0.6) is 0 Å². The van der Waals surface area contributed by atoms with Crippen molar-refractivity contribution in [3.63, 3.8) is 0 Å². The molecular weight excluding hydrogens is 328 g/mol. The third kappa shape index (κ3) is 3.78. The zero-order valence-corrected chi connectivity index (χ0v) is 14.1. The Balaban J connectivity index is 1.89. The second-order valence-electron chi connectivity index (χ2n) is 5.74. The number of fused-ring (bicyclic) bond motifs is 1. The minimum atomic E-state index is -1.13. The van der Waals surface area contributed by atoms with Gasteiger partial charge in [-0.1, -0.05) is 12.1 Å². The first-order valence-electron chi connectivity index (χ1n) is 7.87. The number of hydrogen-bond acceptors (Lipinski definition) is 5. The van der Waals surface area contributed by atoms with E-state index in [1.165, 1.54) is 19.1 Å². The Kier molecular flexibility index (Phi) is 5.74. The number of nitrogens with zero attached hydrogens (tertiary/aromatic N) is 2. The molecule has 8 nitrogen and oxygen atoms in total. The van der Waals surface area contributed by atoms with Crippen LogP contribution in [0, 0.1) is 0 Å². The number of carboxylic acids is 1. The average molecular weight is 348 g/mol. The van der Waals surface area contributed by atoms with Crippen molar-refractivity contribution in [3.05, 3.63) is 35.4 Å². The lowest BCUT2D eigenvalue weighted by atomic mass is 10.1. The normalized spacial score (nSPS) is 14.2. The van der Waals surface area contributed by atoms with E-state index in [-0.39, 0.29) is 24.8 Å². The Morgan fingerprint density at radius 3 is 2.20 bits per heavy atom. The van der Waals surface area contributed by atoms with E-state index in [0.29, 0.717) is 24.0 Å². The van der Waals surface area contributed by atoms with E-state index < -0.39 is 18.1 Å². The summed E-state index contributed by atoms with van der Waals surface area (Å²) in [4.78, 5) is 49.4. The molecule has 1 aromatic rings. The minimum Gasteiger partial charge on any atom is -0.480 e. The van der Waals surface area contributed by atoms with Crippen LogP contribution in [0.4, 0.5) is 4.79 Å². The van der Waals surface area contributed by atoms with E-state index >= 15 is 0 Å². The van der Waals surface area contributed by atoms with Gasteiger partial charge in [-0.25, -0.2) is 9.59 Å². The molecule has 0 saturated heterocycles. The Labute approximate surface area is 145 Å². The highest BCUT2D eigenvalue weighted by atomic mass is 16.5. The lowest BCUT2D eigenvalue weighted by Crippen LogP contribution is -2.42. The van der Waals surface area contributed by atoms with Crippen molar-refractivity contribution in [1.29, 1.82) is 0 Å². The fourth-order valence-electron chi connectivity index (χ4n) is 2.80. The van der Waals surface area contributed by atoms with E-state index in [1.807, 2.05) is 0 Å². The smallest absolute Gasteiger partial charge is 0.409 e. The van der Waals surface area contributed by atoms with Gasteiger partial charge in [-0.15, -0.1) is 0 Å². The number of carbonyl (C=O) groups excluding carboxylic acids is 3. The quantitative estimate of drug-likeness (QED) is 0.593. The number of carbonyl (C=O) groups is 4. The topological polar surface area (TPSA) is 104 Å². The van der Waals surface area contributed by atoms with Crippen molar-refractivity contribution in [2.45, 2.75) is 25.3 Å². The van der Waals surface area contributed by atoms with Crippen molar-refractivity contribution in [2.24, 2.45) is 0 Å². The molecule has 0 aliphatic carbocycles. The maximum absolute atomic E-state index is 12.2. The van der Waals surface area contributed by atoms with Gasteiger partial charge in [-0.3, -0.25) is 19.4 Å². The van der Waals surface area contributed by atoms with Crippen molar-refractivity contribution < 1.29 is 29.0 Å². The third-order valence-electron chi connectivity index (χ3n) is 4.20. The van der Waals surface area contributed by atoms with E-state index in [0.717, 1.165) is 4.90 Å².